The first-order valence-corrected chi connectivity index (χ1v) is 9.43. The molecule has 1 atom stereocenters. The molecular weight excluding hydrogens is 332 g/mol. The van der Waals surface area contributed by atoms with Crippen LogP contribution in [0.1, 0.15) is 91.9 Å². The van der Waals surface area contributed by atoms with Gasteiger partial charge in [0.2, 0.25) is 0 Å². The molecule has 0 aliphatic carbocycles. The number of unbranched alkanes of at least 4 members (excludes halogenated alkanes) is 6. The summed E-state index contributed by atoms with van der Waals surface area (Å²) >= 11 is 0. The Hall–Kier alpha value is -2.14. The van der Waals surface area contributed by atoms with Crippen LogP contribution in [-0.4, -0.2) is 27.4 Å². The van der Waals surface area contributed by atoms with Gasteiger partial charge < -0.3 is 15.3 Å². The van der Waals surface area contributed by atoms with Gasteiger partial charge in [-0.05, 0) is 12.8 Å². The van der Waals surface area contributed by atoms with Gasteiger partial charge in [0.15, 0.2) is 0 Å². The van der Waals surface area contributed by atoms with Crippen LogP contribution in [0.5, 0.6) is 0 Å². The van der Waals surface area contributed by atoms with E-state index in [4.69, 9.17) is 20.1 Å². The van der Waals surface area contributed by atoms with Crippen LogP contribution in [0.3, 0.4) is 0 Å². The maximum absolute atomic E-state index is 10.1. The van der Waals surface area contributed by atoms with Crippen molar-refractivity contribution in [3.05, 3.63) is 0 Å². The van der Waals surface area contributed by atoms with Gasteiger partial charge in [-0.3, -0.25) is 0 Å². The summed E-state index contributed by atoms with van der Waals surface area (Å²) in [6.45, 7) is 8.44. The number of aliphatic carboxylic acids is 1. The van der Waals surface area contributed by atoms with Crippen molar-refractivity contribution in [2.45, 2.75) is 91.9 Å². The standard InChI is InChI=1S/C10H16O2.C10H18.CH2O3/c1-3-4-5-6-9(2)7-8-10(11)12;1-3-5-7-9-10-8-6-4-2;2-1(3)4/h9H,3-6H2,1-2H3,(H,11,12);3-5,7,9-10H2,1-2H3;(H2,2,3,4). The quantitative estimate of drug-likeness (QED) is 0.367. The Morgan fingerprint density at radius 2 is 1.38 bits per heavy atom. The van der Waals surface area contributed by atoms with E-state index < -0.39 is 12.1 Å². The molecule has 0 rings (SSSR count). The highest BCUT2D eigenvalue weighted by Crippen LogP contribution is 2.07. The lowest BCUT2D eigenvalue weighted by atomic mass is 10.0. The lowest BCUT2D eigenvalue weighted by molar-refractivity contribution is -0.130. The Bertz CT molecular complexity index is 444. The highest BCUT2D eigenvalue weighted by atomic mass is 16.6. The van der Waals surface area contributed by atoms with Gasteiger partial charge in [0.05, 0.1) is 0 Å². The lowest BCUT2D eigenvalue weighted by Gasteiger charge is -2.00. The highest BCUT2D eigenvalue weighted by Gasteiger charge is 1.96. The summed E-state index contributed by atoms with van der Waals surface area (Å²) in [5.41, 5.74) is 0. The molecule has 150 valence electrons. The molecule has 5 heteroatoms. The van der Waals surface area contributed by atoms with Crippen molar-refractivity contribution in [1.82, 2.24) is 0 Å². The minimum absolute atomic E-state index is 0.215. The fraction of sp³-hybridized carbons (Fsp3) is 0.714. The smallest absolute Gasteiger partial charge is 0.472 e. The zero-order valence-electron chi connectivity index (χ0n) is 16.8. The van der Waals surface area contributed by atoms with Gasteiger partial charge in [0.25, 0.3) is 0 Å². The van der Waals surface area contributed by atoms with Crippen LogP contribution in [0.25, 0.3) is 0 Å². The Balaban J connectivity index is -0.000000341. The summed E-state index contributed by atoms with van der Waals surface area (Å²) in [6, 6.07) is 0. The predicted octanol–water partition coefficient (Wildman–Crippen LogP) is 5.88. The van der Waals surface area contributed by atoms with Crippen LogP contribution in [-0.2, 0) is 4.79 Å². The fourth-order valence-corrected chi connectivity index (χ4v) is 1.81. The normalized spacial score (nSPS) is 9.54. The van der Waals surface area contributed by atoms with Gasteiger partial charge in [0.1, 0.15) is 0 Å². The van der Waals surface area contributed by atoms with Crippen molar-refractivity contribution in [3.8, 4) is 23.7 Å². The molecule has 0 aromatic heterocycles. The van der Waals surface area contributed by atoms with Crippen LogP contribution >= 0.6 is 0 Å². The molecule has 0 saturated carbocycles. The van der Waals surface area contributed by atoms with E-state index in [2.05, 4.69) is 44.5 Å². The number of carboxylic acid groups (broad SMARTS) is 3. The van der Waals surface area contributed by atoms with Gasteiger partial charge in [-0.25, -0.2) is 9.59 Å². The maximum atomic E-state index is 10.1. The second kappa shape index (κ2) is 25.1. The summed E-state index contributed by atoms with van der Waals surface area (Å²) in [5, 5.41) is 22.2. The first-order chi connectivity index (χ1) is 12.3. The molecule has 26 heavy (non-hydrogen) atoms. The summed E-state index contributed by atoms with van der Waals surface area (Å²) < 4.78 is 0. The monoisotopic (exact) mass is 368 g/mol. The molecule has 0 bridgehead atoms. The fourth-order valence-electron chi connectivity index (χ4n) is 1.81. The average Bonchev–Trinajstić information content (AvgIpc) is 2.56. The number of carbonyl (C=O) groups is 2. The number of hydrogen-bond acceptors (Lipinski definition) is 2. The van der Waals surface area contributed by atoms with E-state index in [9.17, 15) is 4.79 Å². The van der Waals surface area contributed by atoms with E-state index in [1.54, 1.807) is 0 Å². The van der Waals surface area contributed by atoms with Crippen LogP contribution < -0.4 is 0 Å². The van der Waals surface area contributed by atoms with Gasteiger partial charge in [-0.2, -0.15) is 0 Å². The van der Waals surface area contributed by atoms with Gasteiger partial charge >= 0.3 is 12.1 Å². The number of rotatable bonds is 8. The van der Waals surface area contributed by atoms with Crippen molar-refractivity contribution in [2.75, 3.05) is 0 Å². The summed E-state index contributed by atoms with van der Waals surface area (Å²) in [6.07, 6.45) is 10.2. The molecule has 1 unspecified atom stereocenters. The van der Waals surface area contributed by atoms with Crippen molar-refractivity contribution >= 4 is 12.1 Å². The molecular formula is C21H36O5. The lowest BCUT2D eigenvalue weighted by Crippen LogP contribution is -1.93. The molecule has 0 aliphatic rings. The largest absolute Gasteiger partial charge is 0.503 e. The van der Waals surface area contributed by atoms with E-state index >= 15 is 0 Å². The maximum Gasteiger partial charge on any atom is 0.503 e. The highest BCUT2D eigenvalue weighted by molar-refractivity contribution is 5.86. The molecule has 0 aromatic rings. The first kappa shape index (κ1) is 28.7. The van der Waals surface area contributed by atoms with Crippen molar-refractivity contribution < 1.29 is 24.9 Å². The minimum Gasteiger partial charge on any atom is -0.472 e. The topological polar surface area (TPSA) is 94.8 Å². The third-order valence-corrected chi connectivity index (χ3v) is 3.12. The molecule has 0 heterocycles. The molecule has 0 radical (unpaired) electrons. The average molecular weight is 369 g/mol. The zero-order valence-corrected chi connectivity index (χ0v) is 16.8. The molecule has 0 spiro atoms. The molecule has 0 amide bonds. The van der Waals surface area contributed by atoms with E-state index in [0.29, 0.717) is 0 Å². The second-order valence-corrected chi connectivity index (χ2v) is 5.77. The second-order valence-electron chi connectivity index (χ2n) is 5.77. The first-order valence-electron chi connectivity index (χ1n) is 9.43. The SMILES string of the molecule is CCC#CCCCCCC.CCCCCC(C)C#CC(=O)O.O=C(O)O. The Labute approximate surface area is 159 Å². The number of carboxylic acids is 1. The van der Waals surface area contributed by atoms with E-state index in [1.807, 2.05) is 6.92 Å². The van der Waals surface area contributed by atoms with E-state index in [-0.39, 0.29) is 5.92 Å². The van der Waals surface area contributed by atoms with Crippen molar-refractivity contribution in [1.29, 1.82) is 0 Å². The third kappa shape index (κ3) is 43.1. The Morgan fingerprint density at radius 1 is 0.846 bits per heavy atom. The van der Waals surface area contributed by atoms with Gasteiger partial charge in [0, 0.05) is 24.7 Å². The summed E-state index contributed by atoms with van der Waals surface area (Å²) in [7, 11) is 0. The minimum atomic E-state index is -1.83. The zero-order chi connectivity index (χ0) is 20.6. The molecule has 0 aromatic carbocycles. The number of hydrogen-bond donors (Lipinski definition) is 3. The third-order valence-electron chi connectivity index (χ3n) is 3.12. The molecule has 3 N–H and O–H groups in total. The van der Waals surface area contributed by atoms with Crippen LogP contribution in [0.4, 0.5) is 4.79 Å². The van der Waals surface area contributed by atoms with Crippen molar-refractivity contribution in [2.24, 2.45) is 5.92 Å². The Morgan fingerprint density at radius 3 is 1.85 bits per heavy atom. The van der Waals surface area contributed by atoms with Crippen LogP contribution in [0.2, 0.25) is 0 Å². The molecule has 5 nitrogen and oxygen atoms in total. The molecule has 0 aliphatic heterocycles. The van der Waals surface area contributed by atoms with Crippen LogP contribution in [0.15, 0.2) is 0 Å². The molecule has 0 saturated heterocycles. The van der Waals surface area contributed by atoms with E-state index in [0.717, 1.165) is 25.7 Å². The van der Waals surface area contributed by atoms with E-state index in [1.165, 1.54) is 38.5 Å². The summed E-state index contributed by atoms with van der Waals surface area (Å²) in [5.74, 6) is 10.2. The van der Waals surface area contributed by atoms with Gasteiger partial charge in [-0.15, -0.1) is 11.8 Å². The predicted molar refractivity (Wildman–Crippen MR) is 106 cm³/mol. The Kier molecular flexibility index (Phi) is 27.7. The van der Waals surface area contributed by atoms with Crippen molar-refractivity contribution in [3.63, 3.8) is 0 Å². The molecule has 0 fully saturated rings. The van der Waals surface area contributed by atoms with Gasteiger partial charge in [-0.1, -0.05) is 72.1 Å². The van der Waals surface area contributed by atoms with Crippen LogP contribution in [0, 0.1) is 29.6 Å². The summed E-state index contributed by atoms with van der Waals surface area (Å²) in [4.78, 5) is 18.6.